The van der Waals surface area contributed by atoms with Gasteiger partial charge in [0.15, 0.2) is 0 Å². The Morgan fingerprint density at radius 2 is 2.00 bits per heavy atom. The molecule has 1 unspecified atom stereocenters. The molecule has 0 aromatic carbocycles. The van der Waals surface area contributed by atoms with E-state index in [1.807, 2.05) is 18.8 Å². The normalized spacial score (nSPS) is 16.9. The second-order valence-electron chi connectivity index (χ2n) is 2.82. The Hall–Kier alpha value is 0.200. The molecule has 1 N–H and O–H groups in total. The lowest BCUT2D eigenvalue weighted by Gasteiger charge is -2.26. The summed E-state index contributed by atoms with van der Waals surface area (Å²) in [5, 5.41) is 8.73. The zero-order valence-electron chi connectivity index (χ0n) is 6.63. The van der Waals surface area contributed by atoms with Crippen LogP contribution in [0.25, 0.3) is 0 Å². The van der Waals surface area contributed by atoms with Gasteiger partial charge in [-0.1, -0.05) is 0 Å². The van der Waals surface area contributed by atoms with Gasteiger partial charge in [-0.05, 0) is 18.8 Å². The van der Waals surface area contributed by atoms with E-state index in [0.717, 1.165) is 0 Å². The standard InChI is InChI=1S/C6H15FO2S/c1-10(2,3)9-5-6(8)4-7/h6,8H,4-5H2,1-3H3. The maximum atomic E-state index is 11.6. The van der Waals surface area contributed by atoms with Crippen molar-refractivity contribution in [3.8, 4) is 0 Å². The van der Waals surface area contributed by atoms with Gasteiger partial charge in [0.1, 0.15) is 12.8 Å². The van der Waals surface area contributed by atoms with Crippen molar-refractivity contribution < 1.29 is 13.7 Å². The van der Waals surface area contributed by atoms with Gasteiger partial charge in [-0.2, -0.15) is 0 Å². The molecule has 0 radical (unpaired) electrons. The number of aliphatic hydroxyl groups is 1. The van der Waals surface area contributed by atoms with Crippen LogP contribution in [0.2, 0.25) is 0 Å². The van der Waals surface area contributed by atoms with Crippen LogP contribution >= 0.6 is 10.3 Å². The fourth-order valence-electron chi connectivity index (χ4n) is 0.327. The lowest BCUT2D eigenvalue weighted by Crippen LogP contribution is -2.18. The van der Waals surface area contributed by atoms with Crippen LogP contribution in [0, 0.1) is 0 Å². The molecule has 0 aromatic heterocycles. The van der Waals surface area contributed by atoms with Crippen molar-refractivity contribution in [2.75, 3.05) is 32.0 Å². The minimum atomic E-state index is -1.06. The molecule has 0 fully saturated rings. The molecular weight excluding hydrogens is 155 g/mol. The van der Waals surface area contributed by atoms with Gasteiger partial charge in [0.05, 0.1) is 6.61 Å². The van der Waals surface area contributed by atoms with Crippen molar-refractivity contribution in [3.63, 3.8) is 0 Å². The molecular formula is C6H15FO2S. The molecule has 2 nitrogen and oxygen atoms in total. The van der Waals surface area contributed by atoms with Crippen molar-refractivity contribution in [2.45, 2.75) is 6.10 Å². The van der Waals surface area contributed by atoms with Gasteiger partial charge >= 0.3 is 0 Å². The molecule has 0 saturated heterocycles. The van der Waals surface area contributed by atoms with Crippen molar-refractivity contribution in [1.82, 2.24) is 0 Å². The maximum Gasteiger partial charge on any atom is 0.118 e. The van der Waals surface area contributed by atoms with E-state index in [-0.39, 0.29) is 6.61 Å². The van der Waals surface area contributed by atoms with Gasteiger partial charge < -0.3 is 9.29 Å². The number of alkyl halides is 1. The summed E-state index contributed by atoms with van der Waals surface area (Å²) in [6.45, 7) is -0.620. The van der Waals surface area contributed by atoms with E-state index >= 15 is 0 Å². The van der Waals surface area contributed by atoms with Gasteiger partial charge in [0.2, 0.25) is 0 Å². The molecule has 0 saturated carbocycles. The number of hydrogen-bond acceptors (Lipinski definition) is 2. The molecule has 0 aromatic rings. The minimum absolute atomic E-state index is 0.106. The average Bonchev–Trinajstić information content (AvgIpc) is 1.81. The van der Waals surface area contributed by atoms with Crippen LogP contribution in [-0.2, 0) is 4.18 Å². The summed E-state index contributed by atoms with van der Waals surface area (Å²) in [6.07, 6.45) is 4.88. The summed E-state index contributed by atoms with van der Waals surface area (Å²) in [6, 6.07) is 0. The van der Waals surface area contributed by atoms with Crippen molar-refractivity contribution in [1.29, 1.82) is 0 Å². The molecule has 0 bridgehead atoms. The molecule has 0 aliphatic carbocycles. The van der Waals surface area contributed by atoms with Gasteiger partial charge in [-0.15, -0.1) is 10.3 Å². The summed E-state index contributed by atoms with van der Waals surface area (Å²) < 4.78 is 16.8. The van der Waals surface area contributed by atoms with Crippen LogP contribution in [0.15, 0.2) is 0 Å². The molecule has 0 rings (SSSR count). The highest BCUT2D eigenvalue weighted by Crippen LogP contribution is 2.35. The summed E-state index contributed by atoms with van der Waals surface area (Å²) >= 11 is 0. The summed E-state index contributed by atoms with van der Waals surface area (Å²) in [5.74, 6) is 0. The fraction of sp³-hybridized carbons (Fsp3) is 1.00. The first-order valence-corrected chi connectivity index (χ1v) is 5.80. The third-order valence-electron chi connectivity index (χ3n) is 0.792. The molecule has 0 heterocycles. The SMILES string of the molecule is CS(C)(C)OCC(O)CF. The van der Waals surface area contributed by atoms with Crippen LogP contribution in [-0.4, -0.2) is 43.3 Å². The Balaban J connectivity index is 3.36. The Morgan fingerprint density at radius 1 is 1.50 bits per heavy atom. The van der Waals surface area contributed by atoms with Crippen LogP contribution in [0.4, 0.5) is 4.39 Å². The summed E-state index contributed by atoms with van der Waals surface area (Å²) in [7, 11) is -1.06. The van der Waals surface area contributed by atoms with Crippen LogP contribution in [0.3, 0.4) is 0 Å². The quantitative estimate of drug-likeness (QED) is 0.680. The Labute approximate surface area is 62.9 Å². The Bertz CT molecular complexity index is 92.2. The average molecular weight is 170 g/mol. The summed E-state index contributed by atoms with van der Waals surface area (Å²) in [4.78, 5) is 0. The van der Waals surface area contributed by atoms with Crippen molar-refractivity contribution in [2.24, 2.45) is 0 Å². The fourth-order valence-corrected chi connectivity index (χ4v) is 0.893. The zero-order valence-corrected chi connectivity index (χ0v) is 7.45. The van der Waals surface area contributed by atoms with Gasteiger partial charge in [0, 0.05) is 0 Å². The molecule has 0 spiro atoms. The molecule has 0 aliphatic rings. The van der Waals surface area contributed by atoms with E-state index in [1.165, 1.54) is 0 Å². The Kier molecular flexibility index (Phi) is 4.24. The first-order chi connectivity index (χ1) is 4.45. The maximum absolute atomic E-state index is 11.6. The van der Waals surface area contributed by atoms with E-state index in [2.05, 4.69) is 0 Å². The second kappa shape index (κ2) is 4.16. The second-order valence-corrected chi connectivity index (χ2v) is 6.50. The number of aliphatic hydroxyl groups excluding tert-OH is 1. The van der Waals surface area contributed by atoms with Crippen LogP contribution < -0.4 is 0 Å². The van der Waals surface area contributed by atoms with Crippen LogP contribution in [0.5, 0.6) is 0 Å². The molecule has 4 heteroatoms. The smallest absolute Gasteiger partial charge is 0.118 e. The molecule has 0 aliphatic heterocycles. The van der Waals surface area contributed by atoms with E-state index < -0.39 is 23.1 Å². The lowest BCUT2D eigenvalue weighted by molar-refractivity contribution is 0.0912. The van der Waals surface area contributed by atoms with Crippen LogP contribution in [0.1, 0.15) is 0 Å². The third kappa shape index (κ3) is 6.32. The zero-order chi connectivity index (χ0) is 8.20. The van der Waals surface area contributed by atoms with Gasteiger partial charge in [-0.3, -0.25) is 0 Å². The highest BCUT2D eigenvalue weighted by atomic mass is 32.3. The number of hydrogen-bond donors (Lipinski definition) is 1. The molecule has 0 amide bonds. The predicted molar refractivity (Wildman–Crippen MR) is 43.3 cm³/mol. The minimum Gasteiger partial charge on any atom is -0.388 e. The Morgan fingerprint density at radius 3 is 2.30 bits per heavy atom. The van der Waals surface area contributed by atoms with Crippen molar-refractivity contribution >= 4 is 10.3 Å². The van der Waals surface area contributed by atoms with Crippen molar-refractivity contribution in [3.05, 3.63) is 0 Å². The predicted octanol–water partition coefficient (Wildman–Crippen LogP) is 0.942. The van der Waals surface area contributed by atoms with E-state index in [1.54, 1.807) is 0 Å². The van der Waals surface area contributed by atoms with Gasteiger partial charge in [-0.25, -0.2) is 4.39 Å². The topological polar surface area (TPSA) is 29.5 Å². The summed E-state index contributed by atoms with van der Waals surface area (Å²) in [5.41, 5.74) is 0. The number of rotatable bonds is 4. The molecule has 1 atom stereocenters. The van der Waals surface area contributed by atoms with E-state index in [9.17, 15) is 4.39 Å². The monoisotopic (exact) mass is 170 g/mol. The highest BCUT2D eigenvalue weighted by Gasteiger charge is 2.08. The first-order valence-electron chi connectivity index (χ1n) is 3.02. The highest BCUT2D eigenvalue weighted by molar-refractivity contribution is 8.28. The lowest BCUT2D eigenvalue weighted by atomic mass is 10.4. The number of halogens is 1. The largest absolute Gasteiger partial charge is 0.388 e. The molecule has 10 heavy (non-hydrogen) atoms. The van der Waals surface area contributed by atoms with Gasteiger partial charge in [0.25, 0.3) is 0 Å². The molecule has 64 valence electrons. The van der Waals surface area contributed by atoms with E-state index in [0.29, 0.717) is 0 Å². The van der Waals surface area contributed by atoms with E-state index in [4.69, 9.17) is 9.29 Å². The first kappa shape index (κ1) is 10.2. The third-order valence-corrected chi connectivity index (χ3v) is 1.64.